The maximum atomic E-state index is 6.32. The minimum atomic E-state index is -0.660. The van der Waals surface area contributed by atoms with Crippen molar-refractivity contribution in [2.45, 2.75) is 69.5 Å². The van der Waals surface area contributed by atoms with Crippen LogP contribution in [0.15, 0.2) is 12.5 Å². The summed E-state index contributed by atoms with van der Waals surface area (Å²) in [6, 6.07) is 0.456. The minimum absolute atomic E-state index is 0.0589. The topological polar surface area (TPSA) is 109 Å². The third-order valence-electron chi connectivity index (χ3n) is 5.13. The number of aromatic nitrogens is 4. The van der Waals surface area contributed by atoms with E-state index in [2.05, 4.69) is 34.2 Å². The molecule has 2 saturated heterocycles. The quantitative estimate of drug-likeness (QED) is 0.823. The Bertz CT molecular complexity index is 852. The zero-order valence-electron chi connectivity index (χ0n) is 14.6. The lowest BCUT2D eigenvalue weighted by atomic mass is 10.0. The van der Waals surface area contributed by atoms with Gasteiger partial charge in [-0.15, -0.1) is 0 Å². The predicted molar refractivity (Wildman–Crippen MR) is 87.6 cm³/mol. The van der Waals surface area contributed by atoms with Crippen LogP contribution in [0.25, 0.3) is 5.65 Å². The summed E-state index contributed by atoms with van der Waals surface area (Å²) in [7, 11) is 0. The van der Waals surface area contributed by atoms with Crippen molar-refractivity contribution in [3.63, 3.8) is 0 Å². The first kappa shape index (κ1) is 15.4. The Morgan fingerprint density at radius 1 is 1.28 bits per heavy atom. The fourth-order valence-electron chi connectivity index (χ4n) is 4.28. The van der Waals surface area contributed by atoms with E-state index >= 15 is 0 Å². The van der Waals surface area contributed by atoms with Crippen molar-refractivity contribution in [3.05, 3.63) is 18.2 Å². The first-order valence-electron chi connectivity index (χ1n) is 8.57. The monoisotopic (exact) mass is 346 g/mol. The molecule has 0 radical (unpaired) electrons. The SMILES string of the molecule is CC(C)NC1[C@H]2O[C@@H](c3cnc4c(N)ncnn34)[C@@H]3OC(C)(C)O[C@]123. The molecule has 3 N–H and O–H groups in total. The molecule has 5 rings (SSSR count). The van der Waals surface area contributed by atoms with Crippen molar-refractivity contribution in [1.82, 2.24) is 24.9 Å². The molecular weight excluding hydrogens is 324 g/mol. The summed E-state index contributed by atoms with van der Waals surface area (Å²) in [5.41, 5.74) is 6.73. The van der Waals surface area contributed by atoms with E-state index in [-0.39, 0.29) is 24.4 Å². The van der Waals surface area contributed by atoms with E-state index in [0.717, 1.165) is 5.69 Å². The Morgan fingerprint density at radius 2 is 2.08 bits per heavy atom. The van der Waals surface area contributed by atoms with Gasteiger partial charge in [-0.3, -0.25) is 0 Å². The molecule has 0 bridgehead atoms. The molecule has 1 saturated carbocycles. The van der Waals surface area contributed by atoms with E-state index < -0.39 is 11.4 Å². The fraction of sp³-hybridized carbons (Fsp3) is 0.688. The van der Waals surface area contributed by atoms with Gasteiger partial charge in [0.2, 0.25) is 0 Å². The van der Waals surface area contributed by atoms with E-state index in [9.17, 15) is 0 Å². The van der Waals surface area contributed by atoms with Crippen molar-refractivity contribution < 1.29 is 14.2 Å². The number of hydrogen-bond acceptors (Lipinski definition) is 8. The molecule has 5 atom stereocenters. The van der Waals surface area contributed by atoms with Gasteiger partial charge in [-0.1, -0.05) is 13.8 Å². The predicted octanol–water partition coefficient (Wildman–Crippen LogP) is 0.417. The maximum absolute atomic E-state index is 6.32. The van der Waals surface area contributed by atoms with Crippen molar-refractivity contribution >= 4 is 11.5 Å². The fourth-order valence-corrected chi connectivity index (χ4v) is 4.28. The van der Waals surface area contributed by atoms with Crippen molar-refractivity contribution in [3.8, 4) is 0 Å². The van der Waals surface area contributed by atoms with E-state index in [1.165, 1.54) is 6.33 Å². The highest BCUT2D eigenvalue weighted by molar-refractivity contribution is 5.59. The van der Waals surface area contributed by atoms with Crippen LogP contribution in [0.1, 0.15) is 39.5 Å². The zero-order valence-corrected chi connectivity index (χ0v) is 14.6. The number of nitrogens with two attached hydrogens (primary N) is 1. The van der Waals surface area contributed by atoms with Crippen LogP contribution in [0.5, 0.6) is 0 Å². The third kappa shape index (κ3) is 1.95. The molecule has 3 aliphatic rings. The van der Waals surface area contributed by atoms with Gasteiger partial charge in [0.05, 0.1) is 17.9 Å². The molecular formula is C16H22N6O3. The molecule has 25 heavy (non-hydrogen) atoms. The van der Waals surface area contributed by atoms with Gasteiger partial charge in [0, 0.05) is 6.04 Å². The smallest absolute Gasteiger partial charge is 0.196 e. The van der Waals surface area contributed by atoms with Gasteiger partial charge < -0.3 is 25.3 Å². The molecule has 1 unspecified atom stereocenters. The third-order valence-corrected chi connectivity index (χ3v) is 5.13. The van der Waals surface area contributed by atoms with E-state index in [4.69, 9.17) is 19.9 Å². The Hall–Kier alpha value is -1.81. The van der Waals surface area contributed by atoms with Crippen LogP contribution in [0.3, 0.4) is 0 Å². The van der Waals surface area contributed by atoms with Crippen LogP contribution in [0, 0.1) is 0 Å². The summed E-state index contributed by atoms with van der Waals surface area (Å²) < 4.78 is 20.5. The van der Waals surface area contributed by atoms with Crippen molar-refractivity contribution in [2.24, 2.45) is 0 Å². The number of nitrogens with zero attached hydrogens (tertiary/aromatic N) is 4. The van der Waals surface area contributed by atoms with E-state index in [1.54, 1.807) is 10.7 Å². The van der Waals surface area contributed by atoms with Gasteiger partial charge in [0.1, 0.15) is 30.2 Å². The minimum Gasteiger partial charge on any atom is -0.381 e. The lowest BCUT2D eigenvalue weighted by molar-refractivity contribution is -0.176. The molecule has 0 amide bonds. The van der Waals surface area contributed by atoms with Crippen molar-refractivity contribution in [2.75, 3.05) is 5.73 Å². The molecule has 9 heteroatoms. The average Bonchev–Trinajstić information content (AvgIpc) is 2.88. The standard InChI is InChI=1S/C16H22N6O3/c1-7(2)21-10-12-16(10)11(24-15(3,4)25-16)9(23-12)8-5-18-14-13(17)19-6-20-22(8)14/h5-7,9-12,21H,1-4H3,(H2,17,19,20)/t9-,10?,11-,12+,16-/m0/s1. The summed E-state index contributed by atoms with van der Waals surface area (Å²) in [6.07, 6.45) is 2.53. The Balaban J connectivity index is 1.54. The summed E-state index contributed by atoms with van der Waals surface area (Å²) in [5.74, 6) is -0.324. The molecule has 134 valence electrons. The number of rotatable bonds is 3. The second-order valence-electron chi connectivity index (χ2n) is 7.73. The van der Waals surface area contributed by atoms with E-state index in [0.29, 0.717) is 17.5 Å². The first-order chi connectivity index (χ1) is 11.8. The van der Waals surface area contributed by atoms with Gasteiger partial charge >= 0.3 is 0 Å². The zero-order chi connectivity index (χ0) is 17.6. The number of nitrogen functional groups attached to an aromatic ring is 1. The summed E-state index contributed by atoms with van der Waals surface area (Å²) in [6.45, 7) is 8.10. The first-order valence-corrected chi connectivity index (χ1v) is 8.57. The van der Waals surface area contributed by atoms with Crippen LogP contribution in [-0.2, 0) is 14.2 Å². The van der Waals surface area contributed by atoms with Crippen molar-refractivity contribution in [1.29, 1.82) is 0 Å². The van der Waals surface area contributed by atoms with Crippen LogP contribution in [0.2, 0.25) is 0 Å². The molecule has 9 nitrogen and oxygen atoms in total. The second kappa shape index (κ2) is 4.67. The Labute approximate surface area is 144 Å². The summed E-state index contributed by atoms with van der Waals surface area (Å²) in [4.78, 5) is 8.32. The molecule has 2 aliphatic heterocycles. The molecule has 2 aromatic heterocycles. The number of fused-ring (bicyclic) bond motifs is 1. The number of hydrogen-bond donors (Lipinski definition) is 2. The van der Waals surface area contributed by atoms with Crippen LogP contribution >= 0.6 is 0 Å². The maximum Gasteiger partial charge on any atom is 0.196 e. The number of nitrogens with one attached hydrogen (secondary N) is 1. The molecule has 4 heterocycles. The van der Waals surface area contributed by atoms with Crippen LogP contribution < -0.4 is 11.1 Å². The molecule has 1 aliphatic carbocycles. The van der Waals surface area contributed by atoms with Gasteiger partial charge in [0.25, 0.3) is 0 Å². The van der Waals surface area contributed by atoms with Gasteiger partial charge in [-0.25, -0.2) is 14.5 Å². The van der Waals surface area contributed by atoms with E-state index in [1.807, 2.05) is 13.8 Å². The number of ether oxygens (including phenoxy) is 3. The van der Waals surface area contributed by atoms with Crippen LogP contribution in [-0.4, -0.2) is 55.3 Å². The Morgan fingerprint density at radius 3 is 2.84 bits per heavy atom. The lowest BCUT2D eigenvalue weighted by Crippen LogP contribution is -2.40. The number of anilines is 1. The molecule has 0 aromatic carbocycles. The lowest BCUT2D eigenvalue weighted by Gasteiger charge is -2.23. The largest absolute Gasteiger partial charge is 0.381 e. The van der Waals surface area contributed by atoms with Crippen LogP contribution in [0.4, 0.5) is 5.82 Å². The van der Waals surface area contributed by atoms with Gasteiger partial charge in [-0.05, 0) is 13.8 Å². The molecule has 3 fully saturated rings. The molecule has 1 spiro atoms. The highest BCUT2D eigenvalue weighted by Crippen LogP contribution is 2.64. The normalized spacial score (nSPS) is 38.3. The van der Waals surface area contributed by atoms with Gasteiger partial charge in [0.15, 0.2) is 17.3 Å². The number of imidazole rings is 1. The van der Waals surface area contributed by atoms with Gasteiger partial charge in [-0.2, -0.15) is 5.10 Å². The average molecular weight is 346 g/mol. The highest BCUT2D eigenvalue weighted by atomic mass is 16.8. The summed E-state index contributed by atoms with van der Waals surface area (Å²) in [5, 5.41) is 7.81. The molecule has 2 aromatic rings. The Kier molecular flexibility index (Phi) is 2.89. The second-order valence-corrected chi connectivity index (χ2v) is 7.73. The highest BCUT2D eigenvalue weighted by Gasteiger charge is 2.83. The summed E-state index contributed by atoms with van der Waals surface area (Å²) >= 11 is 0.